The molecule has 2 aromatic carbocycles. The molecule has 0 radical (unpaired) electrons. The van der Waals surface area contributed by atoms with Crippen molar-refractivity contribution in [2.75, 3.05) is 6.61 Å². The van der Waals surface area contributed by atoms with Crippen molar-refractivity contribution in [2.24, 2.45) is 0 Å². The van der Waals surface area contributed by atoms with Crippen LogP contribution in [0.1, 0.15) is 29.5 Å². The van der Waals surface area contributed by atoms with E-state index in [9.17, 15) is 5.11 Å². The highest BCUT2D eigenvalue weighted by Crippen LogP contribution is 2.20. The molecule has 0 aliphatic rings. The van der Waals surface area contributed by atoms with Crippen molar-refractivity contribution >= 4 is 0 Å². The molecule has 0 aliphatic carbocycles. The second kappa shape index (κ2) is 7.86. The van der Waals surface area contributed by atoms with E-state index >= 15 is 0 Å². The van der Waals surface area contributed by atoms with Gasteiger partial charge in [0.25, 0.3) is 0 Å². The minimum Gasteiger partial charge on any atom is -0.419 e. The van der Waals surface area contributed by atoms with Gasteiger partial charge in [-0.15, -0.1) is 10.2 Å². The maximum atomic E-state index is 9.28. The highest BCUT2D eigenvalue weighted by atomic mass is 16.4. The van der Waals surface area contributed by atoms with Crippen LogP contribution >= 0.6 is 0 Å². The summed E-state index contributed by atoms with van der Waals surface area (Å²) >= 11 is 0. The molecule has 1 unspecified atom stereocenters. The zero-order valence-corrected chi connectivity index (χ0v) is 13.6. The van der Waals surface area contributed by atoms with E-state index in [1.54, 1.807) is 0 Å². The van der Waals surface area contributed by atoms with Crippen LogP contribution in [0.2, 0.25) is 0 Å². The largest absolute Gasteiger partial charge is 0.419 e. The van der Waals surface area contributed by atoms with Crippen LogP contribution in [0.15, 0.2) is 59.0 Å². The third-order valence-electron chi connectivity index (χ3n) is 3.88. The quantitative estimate of drug-likeness (QED) is 0.698. The van der Waals surface area contributed by atoms with Gasteiger partial charge in [0.15, 0.2) is 0 Å². The van der Waals surface area contributed by atoms with Crippen LogP contribution in [0.4, 0.5) is 0 Å². The van der Waals surface area contributed by atoms with Crippen molar-refractivity contribution in [2.45, 2.75) is 25.9 Å². The molecular formula is C19H21N3O2. The Balaban J connectivity index is 1.66. The van der Waals surface area contributed by atoms with Crippen molar-refractivity contribution < 1.29 is 9.52 Å². The molecule has 5 heteroatoms. The molecule has 5 nitrogen and oxygen atoms in total. The predicted octanol–water partition coefficient (Wildman–Crippen LogP) is 3.26. The van der Waals surface area contributed by atoms with E-state index in [0.717, 1.165) is 11.1 Å². The van der Waals surface area contributed by atoms with Crippen molar-refractivity contribution in [3.05, 3.63) is 71.6 Å². The Hall–Kier alpha value is -2.50. The topological polar surface area (TPSA) is 71.2 Å². The average molecular weight is 323 g/mol. The molecule has 0 spiro atoms. The van der Waals surface area contributed by atoms with Gasteiger partial charge in [0.1, 0.15) is 0 Å². The zero-order valence-electron chi connectivity index (χ0n) is 13.6. The van der Waals surface area contributed by atoms with Crippen LogP contribution in [0, 0.1) is 6.92 Å². The lowest BCUT2D eigenvalue weighted by atomic mass is 10.0. The third kappa shape index (κ3) is 4.07. The van der Waals surface area contributed by atoms with Crippen molar-refractivity contribution in [3.8, 4) is 11.5 Å². The number of aliphatic hydroxyl groups excluding tert-OH is 1. The minimum atomic E-state index is 0.0472. The fraction of sp³-hybridized carbons (Fsp3) is 0.263. The number of benzene rings is 2. The second-order valence-corrected chi connectivity index (χ2v) is 5.72. The minimum absolute atomic E-state index is 0.0472. The number of nitrogens with one attached hydrogen (secondary N) is 1. The number of hydrogen-bond acceptors (Lipinski definition) is 5. The Labute approximate surface area is 141 Å². The molecule has 124 valence electrons. The molecule has 3 rings (SSSR count). The van der Waals surface area contributed by atoms with Crippen LogP contribution < -0.4 is 5.32 Å². The second-order valence-electron chi connectivity index (χ2n) is 5.72. The Morgan fingerprint density at radius 2 is 1.79 bits per heavy atom. The highest BCUT2D eigenvalue weighted by molar-refractivity contribution is 5.52. The lowest BCUT2D eigenvalue weighted by Gasteiger charge is -2.17. The van der Waals surface area contributed by atoms with E-state index in [2.05, 4.69) is 15.5 Å². The standard InChI is InChI=1S/C19H21N3O2/c1-14-7-9-16(10-8-14)19-22-21-18(24-19)13-20-17(11-12-23)15-5-3-2-4-6-15/h2-10,17,20,23H,11-13H2,1H3. The van der Waals surface area contributed by atoms with Gasteiger partial charge in [0, 0.05) is 18.2 Å². The maximum Gasteiger partial charge on any atom is 0.247 e. The number of aromatic nitrogens is 2. The number of rotatable bonds is 7. The van der Waals surface area contributed by atoms with Gasteiger partial charge in [-0.05, 0) is 31.0 Å². The maximum absolute atomic E-state index is 9.28. The summed E-state index contributed by atoms with van der Waals surface area (Å²) in [4.78, 5) is 0. The Morgan fingerprint density at radius 1 is 1.04 bits per heavy atom. The zero-order chi connectivity index (χ0) is 16.8. The van der Waals surface area contributed by atoms with E-state index in [4.69, 9.17) is 4.42 Å². The molecule has 1 heterocycles. The van der Waals surface area contributed by atoms with Gasteiger partial charge in [-0.1, -0.05) is 48.0 Å². The first-order valence-electron chi connectivity index (χ1n) is 8.05. The number of aliphatic hydroxyl groups is 1. The van der Waals surface area contributed by atoms with Gasteiger partial charge >= 0.3 is 0 Å². The van der Waals surface area contributed by atoms with Crippen LogP contribution in [0.3, 0.4) is 0 Å². The first-order valence-corrected chi connectivity index (χ1v) is 8.05. The summed E-state index contributed by atoms with van der Waals surface area (Å²) in [6, 6.07) is 18.1. The van der Waals surface area contributed by atoms with Crippen molar-refractivity contribution in [3.63, 3.8) is 0 Å². The molecule has 0 fully saturated rings. The summed E-state index contributed by atoms with van der Waals surface area (Å²) in [5.74, 6) is 1.05. The molecular weight excluding hydrogens is 302 g/mol. The number of nitrogens with zero attached hydrogens (tertiary/aromatic N) is 2. The molecule has 0 amide bonds. The molecule has 3 aromatic rings. The van der Waals surface area contributed by atoms with E-state index < -0.39 is 0 Å². The third-order valence-corrected chi connectivity index (χ3v) is 3.88. The van der Waals surface area contributed by atoms with Gasteiger partial charge in [0.2, 0.25) is 11.8 Å². The lowest BCUT2D eigenvalue weighted by Crippen LogP contribution is -2.22. The first kappa shape index (κ1) is 16.4. The Kier molecular flexibility index (Phi) is 5.36. The molecule has 0 saturated heterocycles. The molecule has 24 heavy (non-hydrogen) atoms. The molecule has 0 aliphatic heterocycles. The van der Waals surface area contributed by atoms with E-state index in [-0.39, 0.29) is 12.6 Å². The molecule has 1 atom stereocenters. The lowest BCUT2D eigenvalue weighted by molar-refractivity contribution is 0.263. The fourth-order valence-corrected chi connectivity index (χ4v) is 2.55. The van der Waals surface area contributed by atoms with Gasteiger partial charge in [-0.2, -0.15) is 0 Å². The van der Waals surface area contributed by atoms with Gasteiger partial charge in [0.05, 0.1) is 6.54 Å². The summed E-state index contributed by atoms with van der Waals surface area (Å²) in [6.07, 6.45) is 0.628. The summed E-state index contributed by atoms with van der Waals surface area (Å²) < 4.78 is 5.73. The van der Waals surface area contributed by atoms with Crippen LogP contribution in [-0.4, -0.2) is 21.9 Å². The van der Waals surface area contributed by atoms with Crippen molar-refractivity contribution in [1.29, 1.82) is 0 Å². The predicted molar refractivity (Wildman–Crippen MR) is 92.2 cm³/mol. The molecule has 1 aromatic heterocycles. The van der Waals surface area contributed by atoms with E-state index in [1.165, 1.54) is 5.56 Å². The highest BCUT2D eigenvalue weighted by Gasteiger charge is 2.13. The molecule has 0 saturated carbocycles. The fourth-order valence-electron chi connectivity index (χ4n) is 2.55. The smallest absolute Gasteiger partial charge is 0.247 e. The Morgan fingerprint density at radius 3 is 2.50 bits per heavy atom. The van der Waals surface area contributed by atoms with E-state index in [1.807, 2.05) is 61.5 Å². The first-order chi connectivity index (χ1) is 11.8. The monoisotopic (exact) mass is 323 g/mol. The SMILES string of the molecule is Cc1ccc(-c2nnc(CNC(CCO)c3ccccc3)o2)cc1. The summed E-state index contributed by atoms with van der Waals surface area (Å²) in [5.41, 5.74) is 3.23. The van der Waals surface area contributed by atoms with Gasteiger partial charge < -0.3 is 14.8 Å². The van der Waals surface area contributed by atoms with Crippen LogP contribution in [0.25, 0.3) is 11.5 Å². The summed E-state index contributed by atoms with van der Waals surface area (Å²) in [7, 11) is 0. The number of aryl methyl sites for hydroxylation is 1. The normalized spacial score (nSPS) is 12.2. The average Bonchev–Trinajstić information content (AvgIpc) is 3.09. The summed E-state index contributed by atoms with van der Waals surface area (Å²) in [5, 5.41) is 20.9. The molecule has 0 bridgehead atoms. The van der Waals surface area contributed by atoms with Crippen LogP contribution in [0.5, 0.6) is 0 Å². The van der Waals surface area contributed by atoms with E-state index in [0.29, 0.717) is 24.7 Å². The van der Waals surface area contributed by atoms with Gasteiger partial charge in [-0.3, -0.25) is 0 Å². The number of hydrogen-bond donors (Lipinski definition) is 2. The van der Waals surface area contributed by atoms with Gasteiger partial charge in [-0.25, -0.2) is 0 Å². The molecule has 2 N–H and O–H groups in total. The van der Waals surface area contributed by atoms with Crippen molar-refractivity contribution in [1.82, 2.24) is 15.5 Å². The van der Waals surface area contributed by atoms with Crippen LogP contribution in [-0.2, 0) is 6.54 Å². The Bertz CT molecular complexity index is 754. The summed E-state index contributed by atoms with van der Waals surface area (Å²) in [6.45, 7) is 2.61.